The van der Waals surface area contributed by atoms with Crippen LogP contribution in [-0.4, -0.2) is 24.5 Å². The number of nitrogens with two attached hydrogens (primary N) is 2. The lowest BCUT2D eigenvalue weighted by Gasteiger charge is -2.25. The summed E-state index contributed by atoms with van der Waals surface area (Å²) in [5, 5.41) is 0. The van der Waals surface area contributed by atoms with E-state index < -0.39 is 5.91 Å². The van der Waals surface area contributed by atoms with E-state index in [1.165, 1.54) is 0 Å². The summed E-state index contributed by atoms with van der Waals surface area (Å²) in [6.07, 6.45) is 3.41. The maximum Gasteiger partial charge on any atom is 0.246 e. The summed E-state index contributed by atoms with van der Waals surface area (Å²) in [7, 11) is 0. The smallest absolute Gasteiger partial charge is 0.246 e. The maximum absolute atomic E-state index is 11.5. The van der Waals surface area contributed by atoms with E-state index in [1.807, 2.05) is 0 Å². The molecular formula is C9H17N3O3. The minimum atomic E-state index is -0.615. The van der Waals surface area contributed by atoms with Gasteiger partial charge in [-0.15, -0.1) is 0 Å². The zero-order valence-corrected chi connectivity index (χ0v) is 8.57. The van der Waals surface area contributed by atoms with Gasteiger partial charge in [0.05, 0.1) is 0 Å². The van der Waals surface area contributed by atoms with Gasteiger partial charge in [-0.2, -0.15) is 0 Å². The van der Waals surface area contributed by atoms with Crippen molar-refractivity contribution in [3.8, 4) is 0 Å². The lowest BCUT2D eigenvalue weighted by molar-refractivity contribution is -0.142. The second-order valence-corrected chi connectivity index (χ2v) is 3.84. The van der Waals surface area contributed by atoms with Gasteiger partial charge in [0.15, 0.2) is 6.61 Å². The van der Waals surface area contributed by atoms with Gasteiger partial charge in [0.1, 0.15) is 0 Å². The molecule has 2 unspecified atom stereocenters. The molecule has 2 amide bonds. The molecule has 15 heavy (non-hydrogen) atoms. The molecule has 5 N–H and O–H groups in total. The average molecular weight is 215 g/mol. The summed E-state index contributed by atoms with van der Waals surface area (Å²) in [6.45, 7) is -0.301. The number of carbonyl (C=O) groups is 2. The van der Waals surface area contributed by atoms with Gasteiger partial charge in [0.25, 0.3) is 0 Å². The molecule has 0 radical (unpaired) electrons. The predicted octanol–water partition coefficient (Wildman–Crippen LogP) is -0.963. The quantitative estimate of drug-likeness (QED) is 0.525. The van der Waals surface area contributed by atoms with E-state index in [-0.39, 0.29) is 24.5 Å². The van der Waals surface area contributed by atoms with E-state index >= 15 is 0 Å². The topological polar surface area (TPSA) is 107 Å². The maximum atomic E-state index is 11.5. The second kappa shape index (κ2) is 5.67. The summed E-state index contributed by atoms with van der Waals surface area (Å²) < 4.78 is 0. The molecule has 0 aliphatic heterocycles. The number of hydrogen-bond acceptors (Lipinski definition) is 4. The number of amides is 2. The Bertz CT molecular complexity index is 245. The normalized spacial score (nSPS) is 25.9. The molecule has 1 aliphatic carbocycles. The Morgan fingerprint density at radius 1 is 1.40 bits per heavy atom. The second-order valence-electron chi connectivity index (χ2n) is 3.84. The molecule has 1 rings (SSSR count). The Morgan fingerprint density at radius 3 is 2.73 bits per heavy atom. The van der Waals surface area contributed by atoms with Crippen molar-refractivity contribution in [3.05, 3.63) is 0 Å². The third-order valence-electron chi connectivity index (χ3n) is 2.47. The number of primary amides is 1. The minimum absolute atomic E-state index is 0.0886. The fourth-order valence-electron chi connectivity index (χ4n) is 1.73. The van der Waals surface area contributed by atoms with Crippen molar-refractivity contribution in [2.75, 3.05) is 6.61 Å². The summed E-state index contributed by atoms with van der Waals surface area (Å²) in [5.41, 5.74) is 12.8. The van der Waals surface area contributed by atoms with Crippen LogP contribution in [0.5, 0.6) is 0 Å². The van der Waals surface area contributed by atoms with Crippen LogP contribution in [0.25, 0.3) is 0 Å². The summed E-state index contributed by atoms with van der Waals surface area (Å²) in [4.78, 5) is 26.4. The molecule has 0 heterocycles. The van der Waals surface area contributed by atoms with Crippen molar-refractivity contribution in [1.29, 1.82) is 0 Å². The standard InChI is InChI=1S/C9H17N3O3/c10-7-3-1-2-6(4-7)9(14)12-15-5-8(11)13/h6-7H,1-5,10H2,(H2,11,13)(H,12,14). The van der Waals surface area contributed by atoms with Crippen LogP contribution in [0.1, 0.15) is 25.7 Å². The highest BCUT2D eigenvalue weighted by Crippen LogP contribution is 2.22. The van der Waals surface area contributed by atoms with Gasteiger partial charge in [-0.3, -0.25) is 14.4 Å². The van der Waals surface area contributed by atoms with Crippen LogP contribution >= 0.6 is 0 Å². The molecule has 0 aromatic rings. The minimum Gasteiger partial charge on any atom is -0.368 e. The van der Waals surface area contributed by atoms with Crippen LogP contribution in [-0.2, 0) is 14.4 Å². The van der Waals surface area contributed by atoms with Gasteiger partial charge in [0, 0.05) is 12.0 Å². The highest BCUT2D eigenvalue weighted by atomic mass is 16.7. The van der Waals surface area contributed by atoms with Gasteiger partial charge >= 0.3 is 0 Å². The molecule has 6 nitrogen and oxygen atoms in total. The van der Waals surface area contributed by atoms with Crippen LogP contribution in [0.4, 0.5) is 0 Å². The molecule has 1 saturated carbocycles. The molecule has 0 spiro atoms. The van der Waals surface area contributed by atoms with Gasteiger partial charge in [0.2, 0.25) is 11.8 Å². The van der Waals surface area contributed by atoms with Gasteiger partial charge < -0.3 is 11.5 Å². The first kappa shape index (κ1) is 11.9. The largest absolute Gasteiger partial charge is 0.368 e. The summed E-state index contributed by atoms with van der Waals surface area (Å²) in [6, 6.07) is 0.0886. The van der Waals surface area contributed by atoms with E-state index in [4.69, 9.17) is 11.5 Å². The molecule has 0 bridgehead atoms. The third kappa shape index (κ3) is 4.26. The monoisotopic (exact) mass is 215 g/mol. The highest BCUT2D eigenvalue weighted by molar-refractivity contribution is 5.78. The Labute approximate surface area is 88.3 Å². The number of nitrogens with one attached hydrogen (secondary N) is 1. The van der Waals surface area contributed by atoms with E-state index in [0.29, 0.717) is 6.42 Å². The first-order valence-electron chi connectivity index (χ1n) is 5.05. The van der Waals surface area contributed by atoms with Gasteiger partial charge in [-0.05, 0) is 19.3 Å². The molecule has 1 aliphatic rings. The van der Waals surface area contributed by atoms with Gasteiger partial charge in [-0.1, -0.05) is 6.42 Å². The van der Waals surface area contributed by atoms with E-state index in [9.17, 15) is 9.59 Å². The number of carbonyl (C=O) groups excluding carboxylic acids is 2. The fraction of sp³-hybridized carbons (Fsp3) is 0.778. The molecule has 2 atom stereocenters. The van der Waals surface area contributed by atoms with Crippen LogP contribution < -0.4 is 16.9 Å². The van der Waals surface area contributed by atoms with Crippen LogP contribution in [0, 0.1) is 5.92 Å². The van der Waals surface area contributed by atoms with E-state index in [1.54, 1.807) is 0 Å². The molecule has 1 fully saturated rings. The van der Waals surface area contributed by atoms with Crippen LogP contribution in [0.3, 0.4) is 0 Å². The summed E-state index contributed by atoms with van der Waals surface area (Å²) in [5.74, 6) is -0.941. The van der Waals surface area contributed by atoms with Gasteiger partial charge in [-0.25, -0.2) is 5.48 Å². The molecule has 0 aromatic heterocycles. The number of hydroxylamine groups is 1. The Kier molecular flexibility index (Phi) is 4.51. The fourth-order valence-corrected chi connectivity index (χ4v) is 1.73. The summed E-state index contributed by atoms with van der Waals surface area (Å²) >= 11 is 0. The highest BCUT2D eigenvalue weighted by Gasteiger charge is 2.25. The van der Waals surface area contributed by atoms with Crippen molar-refractivity contribution in [3.63, 3.8) is 0 Å². The van der Waals surface area contributed by atoms with Crippen molar-refractivity contribution < 1.29 is 14.4 Å². The lowest BCUT2D eigenvalue weighted by Crippen LogP contribution is -2.38. The average Bonchev–Trinajstić information content (AvgIpc) is 2.17. The molecule has 86 valence electrons. The first-order valence-corrected chi connectivity index (χ1v) is 5.05. The van der Waals surface area contributed by atoms with Crippen molar-refractivity contribution >= 4 is 11.8 Å². The SMILES string of the molecule is NC(=O)CONC(=O)C1CCCC(N)C1. The number of rotatable bonds is 4. The zero-order chi connectivity index (χ0) is 11.3. The molecule has 0 aromatic carbocycles. The third-order valence-corrected chi connectivity index (χ3v) is 2.47. The Morgan fingerprint density at radius 2 is 2.13 bits per heavy atom. The van der Waals surface area contributed by atoms with Crippen molar-refractivity contribution in [2.24, 2.45) is 17.4 Å². The van der Waals surface area contributed by atoms with Crippen LogP contribution in [0.15, 0.2) is 0 Å². The van der Waals surface area contributed by atoms with E-state index in [2.05, 4.69) is 10.3 Å². The Balaban J connectivity index is 2.24. The van der Waals surface area contributed by atoms with Crippen LogP contribution in [0.2, 0.25) is 0 Å². The Hall–Kier alpha value is -1.14. The van der Waals surface area contributed by atoms with Crippen molar-refractivity contribution in [1.82, 2.24) is 5.48 Å². The zero-order valence-electron chi connectivity index (χ0n) is 8.57. The first-order chi connectivity index (χ1) is 7.09. The van der Waals surface area contributed by atoms with Crippen molar-refractivity contribution in [2.45, 2.75) is 31.7 Å². The number of hydrogen-bond donors (Lipinski definition) is 3. The molecule has 0 saturated heterocycles. The lowest BCUT2D eigenvalue weighted by atomic mass is 9.86. The molecular weight excluding hydrogens is 198 g/mol. The predicted molar refractivity (Wildman–Crippen MR) is 53.2 cm³/mol. The van der Waals surface area contributed by atoms with E-state index in [0.717, 1.165) is 19.3 Å². The molecule has 6 heteroatoms.